The van der Waals surface area contributed by atoms with E-state index in [2.05, 4.69) is 57.8 Å². The van der Waals surface area contributed by atoms with Gasteiger partial charge in [-0.2, -0.15) is 0 Å². The summed E-state index contributed by atoms with van der Waals surface area (Å²) in [6, 6.07) is 6.47. The molecule has 0 amide bonds. The zero-order chi connectivity index (χ0) is 13.5. The van der Waals surface area contributed by atoms with E-state index in [0.29, 0.717) is 0 Å². The van der Waals surface area contributed by atoms with Crippen LogP contribution in [0, 0.1) is 0 Å². The van der Waals surface area contributed by atoms with Crippen molar-refractivity contribution < 1.29 is 0 Å². The van der Waals surface area contributed by atoms with Crippen LogP contribution in [0.1, 0.15) is 45.7 Å². The Labute approximate surface area is 115 Å². The van der Waals surface area contributed by atoms with E-state index < -0.39 is 0 Å². The Morgan fingerprint density at radius 3 is 2.11 bits per heavy atom. The van der Waals surface area contributed by atoms with Gasteiger partial charge in [0.25, 0.3) is 0 Å². The van der Waals surface area contributed by atoms with Crippen LogP contribution in [0.4, 0.5) is 5.69 Å². The fourth-order valence-corrected chi connectivity index (χ4v) is 2.21. The number of para-hydroxylation sites is 1. The van der Waals surface area contributed by atoms with E-state index in [0.717, 1.165) is 18.5 Å². The molecule has 0 aliphatic carbocycles. The summed E-state index contributed by atoms with van der Waals surface area (Å²) in [4.78, 5) is 6.00. The molecule has 0 heterocycles. The van der Waals surface area contributed by atoms with Crippen LogP contribution in [0.15, 0.2) is 33.7 Å². The van der Waals surface area contributed by atoms with Crippen molar-refractivity contribution in [3.63, 3.8) is 0 Å². The van der Waals surface area contributed by atoms with Crippen LogP contribution in [0.5, 0.6) is 0 Å². The molecule has 0 fully saturated rings. The highest BCUT2D eigenvalue weighted by atomic mass is 32.2. The van der Waals surface area contributed by atoms with Gasteiger partial charge in [0.15, 0.2) is 0 Å². The van der Waals surface area contributed by atoms with E-state index >= 15 is 0 Å². The van der Waals surface area contributed by atoms with Gasteiger partial charge in [-0.25, -0.2) is 4.99 Å². The highest BCUT2D eigenvalue weighted by Crippen LogP contribution is 2.27. The molecule has 98 valence electrons. The normalized spacial score (nSPS) is 10.9. The van der Waals surface area contributed by atoms with E-state index in [-0.39, 0.29) is 0 Å². The number of hydrogen-bond donors (Lipinski definition) is 0. The van der Waals surface area contributed by atoms with Gasteiger partial charge >= 0.3 is 0 Å². The molecule has 0 aromatic heterocycles. The van der Waals surface area contributed by atoms with Crippen LogP contribution in [-0.4, -0.2) is 5.55 Å². The molecule has 0 unspecified atom stereocenters. The highest BCUT2D eigenvalue weighted by Gasteiger charge is 2.03. The van der Waals surface area contributed by atoms with Gasteiger partial charge in [-0.3, -0.25) is 0 Å². The Morgan fingerprint density at radius 2 is 1.67 bits per heavy atom. The number of rotatable bonds is 5. The van der Waals surface area contributed by atoms with Crippen LogP contribution in [0.2, 0.25) is 0 Å². The molecular formula is C16H23NS. The average Bonchev–Trinajstić information content (AvgIpc) is 2.38. The first-order chi connectivity index (χ1) is 8.60. The van der Waals surface area contributed by atoms with Gasteiger partial charge in [0.05, 0.1) is 11.2 Å². The number of nitrogens with zero attached hydrogens (tertiary/aromatic N) is 1. The zero-order valence-electron chi connectivity index (χ0n) is 12.1. The molecule has 1 rings (SSSR count). The smallest absolute Gasteiger partial charge is 0.0699 e. The van der Waals surface area contributed by atoms with Crippen molar-refractivity contribution >= 4 is 23.0 Å². The number of benzene rings is 1. The Morgan fingerprint density at radius 1 is 1.11 bits per heavy atom. The Balaban J connectivity index is 2.96. The van der Waals surface area contributed by atoms with Gasteiger partial charge in [0.1, 0.15) is 0 Å². The van der Waals surface area contributed by atoms with Crippen LogP contribution in [0.25, 0.3) is 0 Å². The third kappa shape index (κ3) is 4.02. The third-order valence-corrected chi connectivity index (χ3v) is 4.05. The zero-order valence-corrected chi connectivity index (χ0v) is 12.9. The topological polar surface area (TPSA) is 12.4 Å². The minimum atomic E-state index is 1.03. The van der Waals surface area contributed by atoms with Crippen molar-refractivity contribution in [2.75, 3.05) is 0 Å². The minimum absolute atomic E-state index is 1.03. The van der Waals surface area contributed by atoms with Gasteiger partial charge in [-0.15, -0.1) is 0 Å². The van der Waals surface area contributed by atoms with Crippen molar-refractivity contribution in [1.82, 2.24) is 0 Å². The maximum atomic E-state index is 4.67. The summed E-state index contributed by atoms with van der Waals surface area (Å²) >= 11 is 1.71. The lowest BCUT2D eigenvalue weighted by molar-refractivity contribution is 1.08. The predicted octanol–water partition coefficient (Wildman–Crippen LogP) is 5.52. The fraction of sp³-hybridized carbons (Fsp3) is 0.438. The molecule has 1 nitrogen and oxygen atoms in total. The van der Waals surface area contributed by atoms with Crippen molar-refractivity contribution in [2.45, 2.75) is 47.5 Å². The summed E-state index contributed by atoms with van der Waals surface area (Å²) in [5, 5.41) is 0. The lowest BCUT2D eigenvalue weighted by Gasteiger charge is -2.08. The van der Waals surface area contributed by atoms with Crippen LogP contribution in [-0.2, 0) is 12.8 Å². The lowest BCUT2D eigenvalue weighted by Crippen LogP contribution is -1.88. The summed E-state index contributed by atoms with van der Waals surface area (Å²) in [5.74, 6) is 0. The first-order valence-corrected chi connectivity index (χ1v) is 7.42. The van der Waals surface area contributed by atoms with Crippen molar-refractivity contribution in [3.8, 4) is 0 Å². The van der Waals surface area contributed by atoms with Crippen LogP contribution < -0.4 is 0 Å². The van der Waals surface area contributed by atoms with E-state index in [9.17, 15) is 0 Å². The van der Waals surface area contributed by atoms with E-state index in [1.807, 2.05) is 5.55 Å². The molecule has 0 spiro atoms. The molecule has 18 heavy (non-hydrogen) atoms. The number of aliphatic imine (C=N–C) groups is 1. The molecule has 1 aromatic rings. The maximum Gasteiger partial charge on any atom is 0.0699 e. The van der Waals surface area contributed by atoms with Crippen LogP contribution >= 0.6 is 11.8 Å². The van der Waals surface area contributed by atoms with E-state index in [1.54, 1.807) is 11.8 Å². The molecule has 0 radical (unpaired) electrons. The van der Waals surface area contributed by atoms with Gasteiger partial charge in [0.2, 0.25) is 0 Å². The van der Waals surface area contributed by atoms with Crippen molar-refractivity contribution in [3.05, 3.63) is 39.8 Å². The van der Waals surface area contributed by atoms with E-state index in [4.69, 9.17) is 0 Å². The molecule has 2 heteroatoms. The Hall–Kier alpha value is -1.02. The minimum Gasteiger partial charge on any atom is -0.249 e. The Kier molecular flexibility index (Phi) is 6.20. The van der Waals surface area contributed by atoms with Crippen molar-refractivity contribution in [2.24, 2.45) is 4.99 Å². The van der Waals surface area contributed by atoms with Gasteiger partial charge in [-0.1, -0.05) is 49.4 Å². The summed E-state index contributed by atoms with van der Waals surface area (Å²) < 4.78 is 0. The molecule has 0 bridgehead atoms. The predicted molar refractivity (Wildman–Crippen MR) is 85.0 cm³/mol. The standard InChI is InChI=1S/C16H23NS/c1-6-14-9-8-10-15(7-2)16(14)17-11-18-13(5)12(3)4/h8-11H,6-7H2,1-5H3/b17-11+. The van der Waals surface area contributed by atoms with Gasteiger partial charge in [0, 0.05) is 0 Å². The monoisotopic (exact) mass is 261 g/mol. The molecule has 0 saturated heterocycles. The molecule has 0 aliphatic heterocycles. The van der Waals surface area contributed by atoms with Crippen LogP contribution in [0.3, 0.4) is 0 Å². The molecule has 0 N–H and O–H groups in total. The number of aryl methyl sites for hydroxylation is 2. The van der Waals surface area contributed by atoms with E-state index in [1.165, 1.54) is 21.6 Å². The number of thioether (sulfide) groups is 1. The second kappa shape index (κ2) is 7.42. The number of allylic oxidation sites excluding steroid dienone is 2. The maximum absolute atomic E-state index is 4.67. The fourth-order valence-electron chi connectivity index (χ4n) is 1.66. The number of hydrogen-bond acceptors (Lipinski definition) is 2. The Bertz CT molecular complexity index is 432. The average molecular weight is 261 g/mol. The summed E-state index contributed by atoms with van der Waals surface area (Å²) in [5.41, 5.74) is 7.15. The lowest BCUT2D eigenvalue weighted by atomic mass is 10.0. The van der Waals surface area contributed by atoms with Crippen molar-refractivity contribution in [1.29, 1.82) is 0 Å². The molecule has 0 atom stereocenters. The highest BCUT2D eigenvalue weighted by molar-refractivity contribution is 8.15. The summed E-state index contributed by atoms with van der Waals surface area (Å²) in [7, 11) is 0. The SMILES string of the molecule is CCc1cccc(CC)c1/N=C/SC(C)=C(C)C. The quantitative estimate of drug-likeness (QED) is 0.502. The molecule has 0 saturated carbocycles. The van der Waals surface area contributed by atoms with Gasteiger partial charge < -0.3 is 0 Å². The third-order valence-electron chi connectivity index (χ3n) is 3.08. The second-order valence-electron chi connectivity index (χ2n) is 4.54. The largest absolute Gasteiger partial charge is 0.249 e. The molecule has 1 aromatic carbocycles. The molecule has 0 aliphatic rings. The first kappa shape index (κ1) is 15.0. The summed E-state index contributed by atoms with van der Waals surface area (Å²) in [6.07, 6.45) is 2.07. The second-order valence-corrected chi connectivity index (χ2v) is 5.60. The summed E-state index contributed by atoms with van der Waals surface area (Å²) in [6.45, 7) is 10.8. The molecular weight excluding hydrogens is 238 g/mol. The first-order valence-electron chi connectivity index (χ1n) is 6.54. The van der Waals surface area contributed by atoms with Gasteiger partial charge in [-0.05, 0) is 49.6 Å².